The second kappa shape index (κ2) is 9.08. The summed E-state index contributed by atoms with van der Waals surface area (Å²) in [7, 11) is -3.31. The molecule has 4 aromatic rings. The van der Waals surface area contributed by atoms with Crippen molar-refractivity contribution in [3.05, 3.63) is 66.6 Å². The second-order valence-electron chi connectivity index (χ2n) is 8.59. The molecule has 0 N–H and O–H groups in total. The lowest BCUT2D eigenvalue weighted by Crippen LogP contribution is -2.38. The van der Waals surface area contributed by atoms with Gasteiger partial charge in [0.25, 0.3) is 0 Å². The van der Waals surface area contributed by atoms with Crippen molar-refractivity contribution in [3.8, 4) is 11.6 Å². The van der Waals surface area contributed by atoms with E-state index in [4.69, 9.17) is 4.74 Å². The number of aromatic nitrogens is 4. The van der Waals surface area contributed by atoms with Gasteiger partial charge in [0.15, 0.2) is 15.5 Å². The third-order valence-corrected chi connectivity index (χ3v) is 7.25. The number of hydrogen-bond acceptors (Lipinski definition) is 7. The number of benzene rings is 2. The van der Waals surface area contributed by atoms with Gasteiger partial charge in [-0.3, -0.25) is 0 Å². The molecule has 2 aromatic carbocycles. The van der Waals surface area contributed by atoms with E-state index in [-0.39, 0.29) is 11.0 Å². The Kier molecular flexibility index (Phi) is 6.07. The molecule has 2 aromatic heterocycles. The van der Waals surface area contributed by atoms with Crippen LogP contribution in [0.25, 0.3) is 16.7 Å². The maximum atomic E-state index is 12.8. The normalized spacial score (nSPS) is 15.4. The van der Waals surface area contributed by atoms with Crippen LogP contribution in [0, 0.1) is 0 Å². The fourth-order valence-corrected chi connectivity index (χ4v) is 4.82. The van der Waals surface area contributed by atoms with Gasteiger partial charge in [-0.25, -0.2) is 23.1 Å². The summed E-state index contributed by atoms with van der Waals surface area (Å²) in [4.78, 5) is 10.8. The highest BCUT2D eigenvalue weighted by Gasteiger charge is 2.30. The first kappa shape index (κ1) is 24.0. The van der Waals surface area contributed by atoms with Crippen molar-refractivity contribution in [2.24, 2.45) is 0 Å². The van der Waals surface area contributed by atoms with Gasteiger partial charge < -0.3 is 9.64 Å². The Morgan fingerprint density at radius 3 is 2.19 bits per heavy atom. The molecule has 1 aliphatic heterocycles. The van der Waals surface area contributed by atoms with E-state index in [0.29, 0.717) is 48.5 Å². The molecule has 0 aliphatic carbocycles. The SMILES string of the molecule is CS(=O)(=O)c1ccc(-n2ncc3c(OC4CCN(c5ccc(C(F)(F)F)cc5)CC4)ncnc32)cc1. The molecule has 0 spiro atoms. The average Bonchev–Trinajstić information content (AvgIpc) is 3.29. The van der Waals surface area contributed by atoms with Crippen LogP contribution >= 0.6 is 0 Å². The smallest absolute Gasteiger partial charge is 0.416 e. The Bertz CT molecular complexity index is 1480. The number of fused-ring (bicyclic) bond motifs is 1. The highest BCUT2D eigenvalue weighted by atomic mass is 32.2. The standard InChI is InChI=1S/C24H22F3N5O3S/c1-36(33,34)20-8-6-18(7-9-20)32-22-21(14-30-32)23(29-15-28-22)35-19-10-12-31(13-11-19)17-4-2-16(3-5-17)24(25,26)27/h2-9,14-15,19H,10-13H2,1H3. The fraction of sp³-hybridized carbons (Fsp3) is 0.292. The average molecular weight is 518 g/mol. The summed E-state index contributed by atoms with van der Waals surface area (Å²) in [6.07, 6.45) is 1.02. The van der Waals surface area contributed by atoms with Crippen LogP contribution in [0.15, 0.2) is 66.0 Å². The van der Waals surface area contributed by atoms with Crippen LogP contribution in [0.5, 0.6) is 5.88 Å². The molecule has 1 saturated heterocycles. The molecule has 3 heterocycles. The van der Waals surface area contributed by atoms with Crippen molar-refractivity contribution in [2.45, 2.75) is 30.0 Å². The van der Waals surface area contributed by atoms with Gasteiger partial charge in [0.1, 0.15) is 17.8 Å². The number of rotatable bonds is 5. The molecule has 0 amide bonds. The van der Waals surface area contributed by atoms with Crippen LogP contribution in [-0.2, 0) is 16.0 Å². The van der Waals surface area contributed by atoms with E-state index in [9.17, 15) is 21.6 Å². The minimum atomic E-state index is -4.35. The van der Waals surface area contributed by atoms with Crippen molar-refractivity contribution in [3.63, 3.8) is 0 Å². The van der Waals surface area contributed by atoms with E-state index in [1.54, 1.807) is 23.0 Å². The van der Waals surface area contributed by atoms with Crippen molar-refractivity contribution < 1.29 is 26.3 Å². The highest BCUT2D eigenvalue weighted by molar-refractivity contribution is 7.90. The number of alkyl halides is 3. The van der Waals surface area contributed by atoms with Crippen molar-refractivity contribution in [1.82, 2.24) is 19.7 Å². The minimum absolute atomic E-state index is 0.119. The lowest BCUT2D eigenvalue weighted by Gasteiger charge is -2.33. The van der Waals surface area contributed by atoms with Gasteiger partial charge in [-0.05, 0) is 48.5 Å². The van der Waals surface area contributed by atoms with Crippen molar-refractivity contribution in [2.75, 3.05) is 24.2 Å². The predicted octanol–water partition coefficient (Wildman–Crippen LogP) is 4.29. The molecule has 36 heavy (non-hydrogen) atoms. The largest absolute Gasteiger partial charge is 0.474 e. The van der Waals surface area contributed by atoms with Crippen LogP contribution < -0.4 is 9.64 Å². The molecule has 5 rings (SSSR count). The lowest BCUT2D eigenvalue weighted by molar-refractivity contribution is -0.137. The molecular weight excluding hydrogens is 495 g/mol. The summed E-state index contributed by atoms with van der Waals surface area (Å²) in [5.74, 6) is 0.395. The topological polar surface area (TPSA) is 90.2 Å². The number of halogens is 3. The Hall–Kier alpha value is -3.67. The zero-order valence-corrected chi connectivity index (χ0v) is 20.0. The predicted molar refractivity (Wildman–Crippen MR) is 127 cm³/mol. The minimum Gasteiger partial charge on any atom is -0.474 e. The molecule has 1 aliphatic rings. The first-order valence-electron chi connectivity index (χ1n) is 11.2. The number of hydrogen-bond donors (Lipinski definition) is 0. The maximum Gasteiger partial charge on any atom is 0.416 e. The molecule has 0 saturated carbocycles. The maximum absolute atomic E-state index is 12.8. The number of nitrogens with zero attached hydrogens (tertiary/aromatic N) is 5. The molecule has 188 valence electrons. The van der Waals surface area contributed by atoms with Crippen molar-refractivity contribution >= 4 is 26.6 Å². The molecule has 0 unspecified atom stereocenters. The first-order valence-corrected chi connectivity index (χ1v) is 13.1. The molecule has 0 radical (unpaired) electrons. The van der Waals surface area contributed by atoms with E-state index in [1.807, 2.05) is 4.90 Å². The van der Waals surface area contributed by atoms with Gasteiger partial charge in [-0.15, -0.1) is 0 Å². The van der Waals surface area contributed by atoms with Gasteiger partial charge in [-0.1, -0.05) is 0 Å². The van der Waals surface area contributed by atoms with E-state index < -0.39 is 21.6 Å². The van der Waals surface area contributed by atoms with E-state index in [0.717, 1.165) is 24.1 Å². The van der Waals surface area contributed by atoms with Gasteiger partial charge >= 0.3 is 6.18 Å². The van der Waals surface area contributed by atoms with Gasteiger partial charge in [0.2, 0.25) is 5.88 Å². The zero-order chi connectivity index (χ0) is 25.5. The molecule has 8 nitrogen and oxygen atoms in total. The third-order valence-electron chi connectivity index (χ3n) is 6.12. The first-order chi connectivity index (χ1) is 17.1. The Morgan fingerprint density at radius 2 is 1.58 bits per heavy atom. The summed E-state index contributed by atoms with van der Waals surface area (Å²) < 4.78 is 69.7. The lowest BCUT2D eigenvalue weighted by atomic mass is 10.1. The number of ether oxygens (including phenoxy) is 1. The quantitative estimate of drug-likeness (QED) is 0.390. The van der Waals surface area contributed by atoms with Crippen LogP contribution in [-0.4, -0.2) is 53.6 Å². The van der Waals surface area contributed by atoms with Crippen LogP contribution in [0.3, 0.4) is 0 Å². The summed E-state index contributed by atoms with van der Waals surface area (Å²) in [6.45, 7) is 1.27. The Labute approximate surface area is 205 Å². The van der Waals surface area contributed by atoms with Gasteiger partial charge in [-0.2, -0.15) is 18.3 Å². The van der Waals surface area contributed by atoms with Crippen LogP contribution in [0.4, 0.5) is 18.9 Å². The van der Waals surface area contributed by atoms with E-state index >= 15 is 0 Å². The fourth-order valence-electron chi connectivity index (χ4n) is 4.19. The highest BCUT2D eigenvalue weighted by Crippen LogP contribution is 2.32. The summed E-state index contributed by atoms with van der Waals surface area (Å²) in [5.41, 5.74) is 1.25. The molecular formula is C24H22F3N5O3S. The van der Waals surface area contributed by atoms with Crippen LogP contribution in [0.1, 0.15) is 18.4 Å². The monoisotopic (exact) mass is 517 g/mol. The van der Waals surface area contributed by atoms with Gasteiger partial charge in [0, 0.05) is 37.9 Å². The Morgan fingerprint density at radius 1 is 0.944 bits per heavy atom. The number of anilines is 1. The summed E-state index contributed by atoms with van der Waals surface area (Å²) >= 11 is 0. The van der Waals surface area contributed by atoms with Crippen LogP contribution in [0.2, 0.25) is 0 Å². The summed E-state index contributed by atoms with van der Waals surface area (Å²) in [5, 5.41) is 5.00. The molecule has 1 fully saturated rings. The van der Waals surface area contributed by atoms with Crippen molar-refractivity contribution in [1.29, 1.82) is 0 Å². The molecule has 0 atom stereocenters. The van der Waals surface area contributed by atoms with E-state index in [1.165, 1.54) is 30.6 Å². The number of piperidine rings is 1. The van der Waals surface area contributed by atoms with Gasteiger partial charge in [0.05, 0.1) is 22.3 Å². The Balaban J connectivity index is 1.28. The summed E-state index contributed by atoms with van der Waals surface area (Å²) in [6, 6.07) is 11.5. The molecule has 12 heteroatoms. The third kappa shape index (κ3) is 4.85. The zero-order valence-electron chi connectivity index (χ0n) is 19.2. The second-order valence-corrected chi connectivity index (χ2v) is 10.6. The number of sulfone groups is 1. The molecule has 0 bridgehead atoms. The van der Waals surface area contributed by atoms with E-state index in [2.05, 4.69) is 15.1 Å².